The number of rotatable bonds is 8. The molecule has 17 heavy (non-hydrogen) atoms. The van der Waals surface area contributed by atoms with Crippen molar-refractivity contribution in [2.45, 2.75) is 24.3 Å². The van der Waals surface area contributed by atoms with Crippen LogP contribution in [0.15, 0.2) is 42.0 Å². The Morgan fingerprint density at radius 1 is 1.41 bits per heavy atom. The van der Waals surface area contributed by atoms with Gasteiger partial charge >= 0.3 is 0 Å². The second-order valence-corrected chi connectivity index (χ2v) is 4.72. The summed E-state index contributed by atoms with van der Waals surface area (Å²) in [4.78, 5) is 1.31. The van der Waals surface area contributed by atoms with Crippen LogP contribution in [0, 0.1) is 0 Å². The number of ether oxygens (including phenoxy) is 1. The number of nitrogens with one attached hydrogen (secondary N) is 1. The summed E-state index contributed by atoms with van der Waals surface area (Å²) in [5.74, 6) is 0. The first-order chi connectivity index (χ1) is 8.27. The van der Waals surface area contributed by atoms with Crippen molar-refractivity contribution in [2.75, 3.05) is 19.4 Å². The predicted octanol–water partition coefficient (Wildman–Crippen LogP) is 3.61. The molecule has 0 aliphatic heterocycles. The summed E-state index contributed by atoms with van der Waals surface area (Å²) >= 11 is 1.77. The zero-order chi connectivity index (χ0) is 12.5. The molecule has 0 saturated heterocycles. The molecule has 1 aromatic carbocycles. The molecule has 0 saturated carbocycles. The fourth-order valence-electron chi connectivity index (χ4n) is 1.57. The van der Waals surface area contributed by atoms with E-state index in [0.29, 0.717) is 6.04 Å². The second kappa shape index (κ2) is 8.20. The summed E-state index contributed by atoms with van der Waals surface area (Å²) in [6.45, 7) is 7.38. The van der Waals surface area contributed by atoms with Crippen LogP contribution in [0.1, 0.15) is 24.9 Å². The lowest BCUT2D eigenvalue weighted by atomic mass is 10.1. The number of benzene rings is 1. The molecule has 1 N–H and O–H groups in total. The minimum atomic E-state index is 0.384. The van der Waals surface area contributed by atoms with Crippen molar-refractivity contribution in [3.05, 3.63) is 42.7 Å². The van der Waals surface area contributed by atoms with Crippen molar-refractivity contribution in [1.82, 2.24) is 5.32 Å². The third-order valence-electron chi connectivity index (χ3n) is 2.62. The van der Waals surface area contributed by atoms with Crippen molar-refractivity contribution in [3.8, 4) is 0 Å². The molecule has 0 aliphatic carbocycles. The van der Waals surface area contributed by atoms with Crippen molar-refractivity contribution in [1.29, 1.82) is 0 Å². The Hall–Kier alpha value is -0.930. The number of hydrogen-bond donors (Lipinski definition) is 1. The van der Waals surface area contributed by atoms with Gasteiger partial charge in [0.05, 0.1) is 12.9 Å². The highest BCUT2D eigenvalue weighted by molar-refractivity contribution is 7.98. The summed E-state index contributed by atoms with van der Waals surface area (Å²) in [5.41, 5.74) is 1.33. The fourth-order valence-corrected chi connectivity index (χ4v) is 1.98. The Morgan fingerprint density at radius 2 is 2.12 bits per heavy atom. The van der Waals surface area contributed by atoms with Crippen molar-refractivity contribution in [2.24, 2.45) is 0 Å². The van der Waals surface area contributed by atoms with Gasteiger partial charge in [0.15, 0.2) is 0 Å². The molecule has 0 aromatic heterocycles. The summed E-state index contributed by atoms with van der Waals surface area (Å²) in [7, 11) is 0. The number of hydrogen-bond acceptors (Lipinski definition) is 3. The third kappa shape index (κ3) is 5.29. The SMILES string of the molecule is C=COCCCNC(C)c1ccc(SC)cc1. The maximum atomic E-state index is 5.07. The molecule has 0 amide bonds. The lowest BCUT2D eigenvalue weighted by Crippen LogP contribution is -2.20. The van der Waals surface area contributed by atoms with E-state index >= 15 is 0 Å². The van der Waals surface area contributed by atoms with Gasteiger partial charge in [-0.2, -0.15) is 0 Å². The van der Waals surface area contributed by atoms with E-state index < -0.39 is 0 Å². The zero-order valence-corrected chi connectivity index (χ0v) is 11.4. The van der Waals surface area contributed by atoms with Crippen LogP contribution >= 0.6 is 11.8 Å². The van der Waals surface area contributed by atoms with Crippen LogP contribution in [0.3, 0.4) is 0 Å². The molecular weight excluding hydrogens is 230 g/mol. The third-order valence-corrected chi connectivity index (χ3v) is 3.37. The fraction of sp³-hybridized carbons (Fsp3) is 0.429. The van der Waals surface area contributed by atoms with E-state index in [0.717, 1.165) is 19.6 Å². The molecule has 94 valence electrons. The summed E-state index contributed by atoms with van der Waals surface area (Å²) in [6.07, 6.45) is 4.58. The van der Waals surface area contributed by atoms with Crippen molar-refractivity contribution >= 4 is 11.8 Å². The van der Waals surface area contributed by atoms with Gasteiger partial charge in [-0.05, 0) is 43.8 Å². The molecule has 0 fully saturated rings. The minimum Gasteiger partial charge on any atom is -0.502 e. The van der Waals surface area contributed by atoms with E-state index in [4.69, 9.17) is 4.74 Å². The van der Waals surface area contributed by atoms with E-state index in [1.54, 1.807) is 11.8 Å². The Bertz CT molecular complexity index is 323. The van der Waals surface area contributed by atoms with Gasteiger partial charge in [-0.15, -0.1) is 11.8 Å². The summed E-state index contributed by atoms with van der Waals surface area (Å²) in [6, 6.07) is 9.08. The molecule has 0 aliphatic rings. The average Bonchev–Trinajstić information content (AvgIpc) is 2.38. The summed E-state index contributed by atoms with van der Waals surface area (Å²) < 4.78 is 5.07. The smallest absolute Gasteiger partial charge is 0.0885 e. The first-order valence-corrected chi connectivity index (χ1v) is 7.10. The quantitative estimate of drug-likeness (QED) is 0.433. The summed E-state index contributed by atoms with van der Waals surface area (Å²) in [5, 5.41) is 3.47. The predicted molar refractivity (Wildman–Crippen MR) is 75.4 cm³/mol. The van der Waals surface area contributed by atoms with Gasteiger partial charge in [0.2, 0.25) is 0 Å². The molecule has 0 radical (unpaired) electrons. The molecule has 1 aromatic rings. The van der Waals surface area contributed by atoms with Gasteiger partial charge in [-0.3, -0.25) is 0 Å². The first kappa shape index (κ1) is 14.1. The minimum absolute atomic E-state index is 0.384. The highest BCUT2D eigenvalue weighted by atomic mass is 32.2. The van der Waals surface area contributed by atoms with Gasteiger partial charge in [-0.25, -0.2) is 0 Å². The maximum absolute atomic E-state index is 5.07. The molecule has 1 rings (SSSR count). The average molecular weight is 251 g/mol. The van der Waals surface area contributed by atoms with E-state index in [1.165, 1.54) is 16.7 Å². The van der Waals surface area contributed by atoms with E-state index in [-0.39, 0.29) is 0 Å². The molecule has 0 heterocycles. The monoisotopic (exact) mass is 251 g/mol. The van der Waals surface area contributed by atoms with Crippen LogP contribution < -0.4 is 5.32 Å². The highest BCUT2D eigenvalue weighted by Gasteiger charge is 2.03. The Labute approximate surface area is 108 Å². The van der Waals surface area contributed by atoms with Gasteiger partial charge in [0.1, 0.15) is 0 Å². The highest BCUT2D eigenvalue weighted by Crippen LogP contribution is 2.18. The van der Waals surface area contributed by atoms with Gasteiger partial charge in [0, 0.05) is 10.9 Å². The lowest BCUT2D eigenvalue weighted by molar-refractivity contribution is 0.243. The molecular formula is C14H21NOS. The number of thioether (sulfide) groups is 1. The van der Waals surface area contributed by atoms with Crippen LogP contribution in [0.5, 0.6) is 0 Å². The van der Waals surface area contributed by atoms with Crippen molar-refractivity contribution < 1.29 is 4.74 Å². The van der Waals surface area contributed by atoms with Crippen LogP contribution in [-0.4, -0.2) is 19.4 Å². The molecule has 1 unspecified atom stereocenters. The molecule has 0 spiro atoms. The molecule has 1 atom stereocenters. The zero-order valence-electron chi connectivity index (χ0n) is 10.6. The molecule has 0 bridgehead atoms. The Kier molecular flexibility index (Phi) is 6.82. The normalized spacial score (nSPS) is 12.1. The standard InChI is InChI=1S/C14H21NOS/c1-4-16-11-5-10-15-12(2)13-6-8-14(17-3)9-7-13/h4,6-9,12,15H,1,5,10-11H2,2-3H3. The van der Waals surface area contributed by atoms with Gasteiger partial charge < -0.3 is 10.1 Å². The Balaban J connectivity index is 2.30. The lowest BCUT2D eigenvalue weighted by Gasteiger charge is -2.14. The van der Waals surface area contributed by atoms with Crippen LogP contribution in [0.25, 0.3) is 0 Å². The van der Waals surface area contributed by atoms with Crippen LogP contribution in [0.4, 0.5) is 0 Å². The van der Waals surface area contributed by atoms with E-state index in [2.05, 4.69) is 49.3 Å². The second-order valence-electron chi connectivity index (χ2n) is 3.84. The van der Waals surface area contributed by atoms with E-state index in [1.807, 2.05) is 0 Å². The maximum Gasteiger partial charge on any atom is 0.0885 e. The Morgan fingerprint density at radius 3 is 2.71 bits per heavy atom. The largest absolute Gasteiger partial charge is 0.502 e. The van der Waals surface area contributed by atoms with Gasteiger partial charge in [-0.1, -0.05) is 18.7 Å². The van der Waals surface area contributed by atoms with E-state index in [9.17, 15) is 0 Å². The molecule has 2 nitrogen and oxygen atoms in total. The topological polar surface area (TPSA) is 21.3 Å². The van der Waals surface area contributed by atoms with Gasteiger partial charge in [0.25, 0.3) is 0 Å². The molecule has 3 heteroatoms. The van der Waals surface area contributed by atoms with Crippen LogP contribution in [-0.2, 0) is 4.74 Å². The first-order valence-electron chi connectivity index (χ1n) is 5.87. The van der Waals surface area contributed by atoms with Crippen LogP contribution in [0.2, 0.25) is 0 Å². The van der Waals surface area contributed by atoms with Crippen molar-refractivity contribution in [3.63, 3.8) is 0 Å².